The van der Waals surface area contributed by atoms with Crippen molar-refractivity contribution in [2.45, 2.75) is 32.1 Å². The highest BCUT2D eigenvalue weighted by Gasteiger charge is 2.18. The Hall–Kier alpha value is -1.99. The van der Waals surface area contributed by atoms with Crippen LogP contribution in [0.25, 0.3) is 0 Å². The van der Waals surface area contributed by atoms with Gasteiger partial charge in [0.2, 0.25) is 5.56 Å². The summed E-state index contributed by atoms with van der Waals surface area (Å²) in [6.07, 6.45) is 4.73. The number of piperidine rings is 1. The number of amides is 1. The average Bonchev–Trinajstić information content (AvgIpc) is 3.03. The Labute approximate surface area is 138 Å². The van der Waals surface area contributed by atoms with Crippen molar-refractivity contribution in [3.05, 3.63) is 44.8 Å². The molecule has 7 heteroatoms. The van der Waals surface area contributed by atoms with Crippen LogP contribution in [0.4, 0.5) is 5.13 Å². The standard InChI is InChI=1S/C16H20N4O2S/c1-2-12-7-11(8-14(21)19-12)15(22)20-16-18-9-13(23-16)10-3-5-17-6-4-10/h7-10,17H,2-6H2,1H3,(H,19,21)(H,18,20,22). The number of pyridine rings is 1. The predicted octanol–water partition coefficient (Wildman–Crippen LogP) is 2.11. The van der Waals surface area contributed by atoms with Gasteiger partial charge in [0.15, 0.2) is 5.13 Å². The van der Waals surface area contributed by atoms with Gasteiger partial charge in [0.25, 0.3) is 5.91 Å². The van der Waals surface area contributed by atoms with E-state index in [2.05, 4.69) is 20.6 Å². The number of hydrogen-bond donors (Lipinski definition) is 3. The van der Waals surface area contributed by atoms with Crippen molar-refractivity contribution in [3.8, 4) is 0 Å². The summed E-state index contributed by atoms with van der Waals surface area (Å²) < 4.78 is 0. The molecule has 122 valence electrons. The Morgan fingerprint density at radius 3 is 2.91 bits per heavy atom. The first-order valence-electron chi connectivity index (χ1n) is 7.86. The molecular formula is C16H20N4O2S. The first kappa shape index (κ1) is 15.9. The molecule has 2 aromatic rings. The van der Waals surface area contributed by atoms with E-state index in [0.29, 0.717) is 23.0 Å². The minimum Gasteiger partial charge on any atom is -0.326 e. The van der Waals surface area contributed by atoms with E-state index >= 15 is 0 Å². The van der Waals surface area contributed by atoms with Gasteiger partial charge >= 0.3 is 0 Å². The number of carbonyl (C=O) groups excluding carboxylic acids is 1. The predicted molar refractivity (Wildman–Crippen MR) is 91.4 cm³/mol. The van der Waals surface area contributed by atoms with Crippen LogP contribution >= 0.6 is 11.3 Å². The SMILES string of the molecule is CCc1cc(C(=O)Nc2ncc(C3CCNCC3)s2)cc(=O)[nH]1. The number of thiazole rings is 1. The van der Waals surface area contributed by atoms with Crippen molar-refractivity contribution < 1.29 is 4.79 Å². The lowest BCUT2D eigenvalue weighted by atomic mass is 9.97. The number of H-pyrrole nitrogens is 1. The van der Waals surface area contributed by atoms with E-state index in [1.54, 1.807) is 6.07 Å². The molecule has 3 heterocycles. The third kappa shape index (κ3) is 3.86. The van der Waals surface area contributed by atoms with Crippen molar-refractivity contribution in [2.24, 2.45) is 0 Å². The lowest BCUT2D eigenvalue weighted by molar-refractivity contribution is 0.102. The summed E-state index contributed by atoms with van der Waals surface area (Å²) in [5, 5.41) is 6.72. The van der Waals surface area contributed by atoms with Crippen LogP contribution in [0.2, 0.25) is 0 Å². The number of aromatic nitrogens is 2. The largest absolute Gasteiger partial charge is 0.326 e. The maximum Gasteiger partial charge on any atom is 0.257 e. The van der Waals surface area contributed by atoms with Gasteiger partial charge in [0, 0.05) is 28.4 Å². The van der Waals surface area contributed by atoms with Crippen LogP contribution in [-0.2, 0) is 6.42 Å². The Morgan fingerprint density at radius 1 is 1.39 bits per heavy atom. The second-order valence-electron chi connectivity index (χ2n) is 5.66. The van der Waals surface area contributed by atoms with Gasteiger partial charge in [0.05, 0.1) is 0 Å². The first-order valence-corrected chi connectivity index (χ1v) is 8.68. The van der Waals surface area contributed by atoms with E-state index in [1.165, 1.54) is 22.3 Å². The van der Waals surface area contributed by atoms with Gasteiger partial charge in [-0.15, -0.1) is 11.3 Å². The summed E-state index contributed by atoms with van der Waals surface area (Å²) in [7, 11) is 0. The third-order valence-corrected chi connectivity index (χ3v) is 5.10. The van der Waals surface area contributed by atoms with Crippen LogP contribution in [0.3, 0.4) is 0 Å². The molecule has 0 spiro atoms. The molecule has 0 radical (unpaired) electrons. The van der Waals surface area contributed by atoms with Crippen molar-refractivity contribution in [2.75, 3.05) is 18.4 Å². The molecule has 0 unspecified atom stereocenters. The zero-order valence-electron chi connectivity index (χ0n) is 13.0. The molecule has 0 aromatic carbocycles. The Bertz CT molecular complexity index is 747. The number of nitrogens with one attached hydrogen (secondary N) is 3. The minimum absolute atomic E-state index is 0.260. The molecular weight excluding hydrogens is 312 g/mol. The fourth-order valence-corrected chi connectivity index (χ4v) is 3.71. The maximum atomic E-state index is 12.3. The second kappa shape index (κ2) is 7.06. The monoisotopic (exact) mass is 332 g/mol. The molecule has 6 nitrogen and oxygen atoms in total. The summed E-state index contributed by atoms with van der Waals surface area (Å²) >= 11 is 1.52. The topological polar surface area (TPSA) is 86.9 Å². The van der Waals surface area contributed by atoms with E-state index in [9.17, 15) is 9.59 Å². The quantitative estimate of drug-likeness (QED) is 0.800. The van der Waals surface area contributed by atoms with Crippen molar-refractivity contribution >= 4 is 22.4 Å². The van der Waals surface area contributed by atoms with Gasteiger partial charge in [-0.2, -0.15) is 0 Å². The smallest absolute Gasteiger partial charge is 0.257 e. The normalized spacial score (nSPS) is 15.5. The number of nitrogens with zero attached hydrogens (tertiary/aromatic N) is 1. The summed E-state index contributed by atoms with van der Waals surface area (Å²) in [6, 6.07) is 3.02. The summed E-state index contributed by atoms with van der Waals surface area (Å²) in [6.45, 7) is 3.98. The molecule has 1 saturated heterocycles. The van der Waals surface area contributed by atoms with Gasteiger partial charge < -0.3 is 10.3 Å². The molecule has 1 aliphatic heterocycles. The fraction of sp³-hybridized carbons (Fsp3) is 0.438. The molecule has 3 N–H and O–H groups in total. The van der Waals surface area contributed by atoms with Crippen molar-refractivity contribution in [1.29, 1.82) is 0 Å². The molecule has 0 saturated carbocycles. The highest BCUT2D eigenvalue weighted by Crippen LogP contribution is 2.31. The zero-order chi connectivity index (χ0) is 16.2. The number of aryl methyl sites for hydroxylation is 1. The highest BCUT2D eigenvalue weighted by atomic mass is 32.1. The van der Waals surface area contributed by atoms with E-state index in [-0.39, 0.29) is 11.5 Å². The number of hydrogen-bond acceptors (Lipinski definition) is 5. The number of aromatic amines is 1. The molecule has 1 amide bonds. The second-order valence-corrected chi connectivity index (χ2v) is 6.72. The average molecular weight is 332 g/mol. The van der Waals surface area contributed by atoms with Crippen molar-refractivity contribution in [1.82, 2.24) is 15.3 Å². The van der Waals surface area contributed by atoms with Gasteiger partial charge in [-0.05, 0) is 44.3 Å². The van der Waals surface area contributed by atoms with Gasteiger partial charge in [-0.25, -0.2) is 4.98 Å². The van der Waals surface area contributed by atoms with Gasteiger partial charge in [-0.1, -0.05) is 6.92 Å². The number of carbonyl (C=O) groups is 1. The first-order chi connectivity index (χ1) is 11.2. The molecule has 2 aromatic heterocycles. The lowest BCUT2D eigenvalue weighted by Gasteiger charge is -2.20. The highest BCUT2D eigenvalue weighted by molar-refractivity contribution is 7.15. The molecule has 1 aliphatic rings. The summed E-state index contributed by atoms with van der Waals surface area (Å²) in [5.41, 5.74) is 0.852. The Balaban J connectivity index is 1.72. The Kier molecular flexibility index (Phi) is 4.88. The molecule has 0 atom stereocenters. The maximum absolute atomic E-state index is 12.3. The third-order valence-electron chi connectivity index (χ3n) is 4.03. The van der Waals surface area contributed by atoms with Crippen molar-refractivity contribution in [3.63, 3.8) is 0 Å². The summed E-state index contributed by atoms with van der Waals surface area (Å²) in [4.78, 5) is 32.1. The molecule has 3 rings (SSSR count). The minimum atomic E-state index is -0.294. The lowest BCUT2D eigenvalue weighted by Crippen LogP contribution is -2.26. The van der Waals surface area contributed by atoms with Gasteiger partial charge in [-0.3, -0.25) is 14.9 Å². The molecule has 1 fully saturated rings. The van der Waals surface area contributed by atoms with Crippen LogP contribution in [0.15, 0.2) is 23.1 Å². The van der Waals surface area contributed by atoms with E-state index in [4.69, 9.17) is 0 Å². The van der Waals surface area contributed by atoms with Crippen LogP contribution in [0, 0.1) is 0 Å². The number of anilines is 1. The molecule has 0 aliphatic carbocycles. The molecule has 0 bridgehead atoms. The zero-order valence-corrected chi connectivity index (χ0v) is 13.8. The van der Waals surface area contributed by atoms with Crippen LogP contribution in [0.5, 0.6) is 0 Å². The van der Waals surface area contributed by atoms with E-state index < -0.39 is 0 Å². The Morgan fingerprint density at radius 2 is 2.17 bits per heavy atom. The van der Waals surface area contributed by atoms with Crippen LogP contribution < -0.4 is 16.2 Å². The van der Waals surface area contributed by atoms with Crippen LogP contribution in [0.1, 0.15) is 46.6 Å². The van der Waals surface area contributed by atoms with Gasteiger partial charge in [0.1, 0.15) is 0 Å². The number of rotatable bonds is 4. The summed E-state index contributed by atoms with van der Waals surface area (Å²) in [5.74, 6) is 0.225. The van der Waals surface area contributed by atoms with Crippen LogP contribution in [-0.4, -0.2) is 29.0 Å². The van der Waals surface area contributed by atoms with E-state index in [0.717, 1.165) is 31.6 Å². The van der Waals surface area contributed by atoms with E-state index in [1.807, 2.05) is 13.1 Å². The molecule has 23 heavy (non-hydrogen) atoms. The fourth-order valence-electron chi connectivity index (χ4n) is 2.73.